The second-order valence-electron chi connectivity index (χ2n) is 6.57. The van der Waals surface area contributed by atoms with Gasteiger partial charge in [0.05, 0.1) is 20.6 Å². The van der Waals surface area contributed by atoms with Crippen molar-refractivity contribution in [3.63, 3.8) is 0 Å². The summed E-state index contributed by atoms with van der Waals surface area (Å²) in [5.74, 6) is -5.59. The van der Waals surface area contributed by atoms with Crippen LogP contribution in [0, 0.1) is 60.7 Å². The predicted octanol–water partition coefficient (Wildman–Crippen LogP) is 2.18. The summed E-state index contributed by atoms with van der Waals surface area (Å²) < 4.78 is 0. The summed E-state index contributed by atoms with van der Waals surface area (Å²) in [5.41, 5.74) is -5.27. The molecule has 4 aromatic rings. The molecule has 0 radical (unpaired) electrons. The van der Waals surface area contributed by atoms with Gasteiger partial charge in [-0.15, -0.1) is 0 Å². The molecule has 0 spiro atoms. The van der Waals surface area contributed by atoms with Gasteiger partial charge in [-0.1, -0.05) is 0 Å². The highest BCUT2D eigenvalue weighted by atomic mass is 16.7. The normalized spacial score (nSPS) is 11.0. The molecule has 36 heavy (non-hydrogen) atoms. The van der Waals surface area contributed by atoms with Crippen LogP contribution in [-0.4, -0.2) is 49.5 Å². The number of nitrogens with zero attached hydrogens (tertiary/aromatic N) is 10. The summed E-state index contributed by atoms with van der Waals surface area (Å²) in [5, 5.41) is 67.1. The molecular formula is C14H2N10O12. The van der Waals surface area contributed by atoms with E-state index in [1.165, 1.54) is 0 Å². The van der Waals surface area contributed by atoms with Crippen molar-refractivity contribution in [1.29, 1.82) is 0 Å². The number of benzene rings is 1. The van der Waals surface area contributed by atoms with E-state index < -0.39 is 97.0 Å². The molecule has 0 aliphatic rings. The van der Waals surface area contributed by atoms with Crippen LogP contribution in [0.1, 0.15) is 0 Å². The van der Waals surface area contributed by atoms with Gasteiger partial charge < -0.3 is 40.5 Å². The minimum Gasteiger partial charge on any atom is -0.358 e. The average molecular weight is 502 g/mol. The predicted molar refractivity (Wildman–Crippen MR) is 110 cm³/mol. The smallest absolute Gasteiger partial charge is 0.358 e. The van der Waals surface area contributed by atoms with Gasteiger partial charge in [0.25, 0.3) is 0 Å². The molecule has 3 aromatic heterocycles. The van der Waals surface area contributed by atoms with Crippen LogP contribution in [0.25, 0.3) is 32.8 Å². The van der Waals surface area contributed by atoms with Crippen molar-refractivity contribution in [2.24, 2.45) is 0 Å². The first kappa shape index (κ1) is 23.0. The molecule has 0 fully saturated rings. The SMILES string of the molecule is O=[N+]([O-])c1cc2c(nc1[N+](=O)[O-])c1nc([N+](=O)[O-])c([N+](=O)[O-])cc1c1nc([N+](=O)[O-])c([N+](=O)[O-])nc21. The standard InChI is InChI=1S/C14H2N10O12/c25-19(26)5-1-3-7(15-11(5)21(29)30)8-4(2-6(20(27)28)12(16-8)22(31)32)10-9(3)17-13(23(33)34)14(18-10)24(35)36/h1-2H. The lowest BCUT2D eigenvalue weighted by Gasteiger charge is -2.02. The van der Waals surface area contributed by atoms with Crippen LogP contribution in [0.2, 0.25) is 0 Å². The van der Waals surface area contributed by atoms with E-state index >= 15 is 0 Å². The fraction of sp³-hybridized carbons (Fsp3) is 0. The van der Waals surface area contributed by atoms with Gasteiger partial charge in [-0.05, 0) is 39.6 Å². The number of hydrogen-bond acceptors (Lipinski definition) is 16. The molecule has 4 rings (SSSR count). The topological polar surface area (TPSA) is 310 Å². The molecule has 0 saturated heterocycles. The maximum absolute atomic E-state index is 11.4. The van der Waals surface area contributed by atoms with Crippen LogP contribution >= 0.6 is 0 Å². The van der Waals surface area contributed by atoms with Gasteiger partial charge in [-0.25, -0.2) is 0 Å². The molecule has 0 bridgehead atoms. The Bertz CT molecular complexity index is 1410. The lowest BCUT2D eigenvalue weighted by atomic mass is 10.1. The highest BCUT2D eigenvalue weighted by Crippen LogP contribution is 2.41. The fourth-order valence-electron chi connectivity index (χ4n) is 3.28. The third-order valence-electron chi connectivity index (χ3n) is 4.65. The highest BCUT2D eigenvalue weighted by molar-refractivity contribution is 6.22. The van der Waals surface area contributed by atoms with Crippen LogP contribution in [0.3, 0.4) is 0 Å². The molecule has 0 unspecified atom stereocenters. The number of aromatic nitrogens is 4. The van der Waals surface area contributed by atoms with Crippen molar-refractivity contribution in [3.05, 3.63) is 72.8 Å². The first-order chi connectivity index (χ1) is 16.8. The van der Waals surface area contributed by atoms with Crippen LogP contribution in [-0.2, 0) is 0 Å². The summed E-state index contributed by atoms with van der Waals surface area (Å²) in [6.45, 7) is 0. The molecule has 0 saturated carbocycles. The molecule has 0 N–H and O–H groups in total. The quantitative estimate of drug-likeness (QED) is 0.207. The lowest BCUT2D eigenvalue weighted by molar-refractivity contribution is -0.428. The Morgan fingerprint density at radius 1 is 0.417 bits per heavy atom. The van der Waals surface area contributed by atoms with E-state index in [0.717, 1.165) is 0 Å². The molecule has 0 amide bonds. The summed E-state index contributed by atoms with van der Waals surface area (Å²) in [4.78, 5) is 74.8. The summed E-state index contributed by atoms with van der Waals surface area (Å²) in [7, 11) is 0. The van der Waals surface area contributed by atoms with E-state index in [1.807, 2.05) is 0 Å². The van der Waals surface area contributed by atoms with Crippen molar-refractivity contribution >= 4 is 67.5 Å². The van der Waals surface area contributed by atoms with Crippen LogP contribution < -0.4 is 0 Å². The number of pyridine rings is 2. The number of fused-ring (bicyclic) bond motifs is 6. The monoisotopic (exact) mass is 502 g/mol. The zero-order valence-corrected chi connectivity index (χ0v) is 16.5. The maximum atomic E-state index is 11.4. The van der Waals surface area contributed by atoms with E-state index in [-0.39, 0.29) is 0 Å². The Hall–Kier alpha value is -6.22. The molecule has 0 atom stereocenters. The van der Waals surface area contributed by atoms with E-state index in [9.17, 15) is 60.7 Å². The fourth-order valence-corrected chi connectivity index (χ4v) is 3.28. The molecular weight excluding hydrogens is 500 g/mol. The first-order valence-corrected chi connectivity index (χ1v) is 8.73. The Kier molecular flexibility index (Phi) is 4.90. The molecule has 22 heteroatoms. The summed E-state index contributed by atoms with van der Waals surface area (Å²) in [6, 6.07) is 1.00. The van der Waals surface area contributed by atoms with Gasteiger partial charge in [0.1, 0.15) is 0 Å². The summed E-state index contributed by atoms with van der Waals surface area (Å²) in [6.07, 6.45) is 0. The van der Waals surface area contributed by atoms with Crippen LogP contribution in [0.15, 0.2) is 12.1 Å². The number of hydrogen-bond donors (Lipinski definition) is 0. The third kappa shape index (κ3) is 3.29. The van der Waals surface area contributed by atoms with E-state index in [0.29, 0.717) is 12.1 Å². The molecule has 3 heterocycles. The van der Waals surface area contributed by atoms with Gasteiger partial charge in [-0.3, -0.25) is 20.2 Å². The Morgan fingerprint density at radius 3 is 0.889 bits per heavy atom. The van der Waals surface area contributed by atoms with Crippen molar-refractivity contribution < 1.29 is 29.5 Å². The zero-order valence-electron chi connectivity index (χ0n) is 16.5. The van der Waals surface area contributed by atoms with Gasteiger partial charge in [-0.2, -0.15) is 0 Å². The van der Waals surface area contributed by atoms with E-state index in [2.05, 4.69) is 19.9 Å². The first-order valence-electron chi connectivity index (χ1n) is 8.73. The second-order valence-corrected chi connectivity index (χ2v) is 6.57. The highest BCUT2D eigenvalue weighted by Gasteiger charge is 2.40. The van der Waals surface area contributed by atoms with Crippen LogP contribution in [0.4, 0.5) is 34.6 Å². The number of rotatable bonds is 6. The molecule has 22 nitrogen and oxygen atoms in total. The lowest BCUT2D eigenvalue weighted by Crippen LogP contribution is -2.06. The van der Waals surface area contributed by atoms with E-state index in [1.54, 1.807) is 0 Å². The van der Waals surface area contributed by atoms with Gasteiger partial charge in [0.2, 0.25) is 22.1 Å². The summed E-state index contributed by atoms with van der Waals surface area (Å²) >= 11 is 0. The van der Waals surface area contributed by atoms with Gasteiger partial charge in [0, 0.05) is 12.1 Å². The largest absolute Gasteiger partial charge is 0.463 e. The van der Waals surface area contributed by atoms with Crippen molar-refractivity contribution in [2.45, 2.75) is 0 Å². The molecule has 0 aliphatic carbocycles. The Labute approximate surface area is 190 Å². The Balaban J connectivity index is 2.42. The molecule has 180 valence electrons. The van der Waals surface area contributed by atoms with E-state index in [4.69, 9.17) is 0 Å². The molecule has 0 aliphatic heterocycles. The van der Waals surface area contributed by atoms with Crippen LogP contribution in [0.5, 0.6) is 0 Å². The third-order valence-corrected chi connectivity index (χ3v) is 4.65. The van der Waals surface area contributed by atoms with Crippen molar-refractivity contribution in [3.8, 4) is 0 Å². The Morgan fingerprint density at radius 2 is 0.667 bits per heavy atom. The molecule has 1 aromatic carbocycles. The average Bonchev–Trinajstić information content (AvgIpc) is 2.81. The maximum Gasteiger partial charge on any atom is 0.463 e. The second kappa shape index (κ2) is 7.68. The van der Waals surface area contributed by atoms with Crippen molar-refractivity contribution in [2.75, 3.05) is 0 Å². The zero-order chi connectivity index (χ0) is 26.6. The van der Waals surface area contributed by atoms with Crippen molar-refractivity contribution in [1.82, 2.24) is 19.9 Å². The van der Waals surface area contributed by atoms with Gasteiger partial charge in [0.15, 0.2) is 0 Å². The minimum absolute atomic E-state index is 0.501. The van der Waals surface area contributed by atoms with Gasteiger partial charge >= 0.3 is 34.6 Å². The number of nitro groups is 6. The minimum atomic E-state index is -1.43.